The van der Waals surface area contributed by atoms with Crippen molar-refractivity contribution < 1.29 is 14.9 Å². The highest BCUT2D eigenvalue weighted by Crippen LogP contribution is 2.25. The van der Waals surface area contributed by atoms with E-state index in [2.05, 4.69) is 5.32 Å². The first-order valence-corrected chi connectivity index (χ1v) is 5.75. The molecule has 0 spiro atoms. The van der Waals surface area contributed by atoms with E-state index in [9.17, 15) is 5.11 Å². The van der Waals surface area contributed by atoms with Crippen molar-refractivity contribution >= 4 is 0 Å². The van der Waals surface area contributed by atoms with Gasteiger partial charge in [0.15, 0.2) is 0 Å². The summed E-state index contributed by atoms with van der Waals surface area (Å²) in [5.74, 6) is 0.682. The molecule has 0 aromatic heterocycles. The summed E-state index contributed by atoms with van der Waals surface area (Å²) in [4.78, 5) is 0. The van der Waals surface area contributed by atoms with Crippen molar-refractivity contribution in [2.24, 2.45) is 0 Å². The molecule has 0 aliphatic rings. The highest BCUT2D eigenvalue weighted by Gasteiger charge is 2.14. The number of hydrogen-bond acceptors (Lipinski definition) is 4. The van der Waals surface area contributed by atoms with Gasteiger partial charge >= 0.3 is 0 Å². The Kier molecular flexibility index (Phi) is 5.41. The van der Waals surface area contributed by atoms with Gasteiger partial charge in [-0.1, -0.05) is 11.6 Å². The fourth-order valence-electron chi connectivity index (χ4n) is 1.60. The maximum atomic E-state index is 10.1. The lowest BCUT2D eigenvalue weighted by molar-refractivity contribution is 0.158. The Labute approximate surface area is 102 Å². The molecule has 1 rings (SSSR count). The minimum atomic E-state index is -0.640. The van der Waals surface area contributed by atoms with Gasteiger partial charge in [-0.3, -0.25) is 0 Å². The lowest BCUT2D eigenvalue weighted by Crippen LogP contribution is -2.33. The molecule has 0 saturated carbocycles. The molecule has 17 heavy (non-hydrogen) atoms. The smallest absolute Gasteiger partial charge is 0.124 e. The molecule has 1 aromatic carbocycles. The predicted molar refractivity (Wildman–Crippen MR) is 67.2 cm³/mol. The van der Waals surface area contributed by atoms with Crippen LogP contribution in [0.5, 0.6) is 5.75 Å². The number of aliphatic hydroxyl groups excluding tert-OH is 2. The first-order chi connectivity index (χ1) is 8.08. The van der Waals surface area contributed by atoms with E-state index in [0.29, 0.717) is 12.3 Å². The van der Waals surface area contributed by atoms with E-state index in [-0.39, 0.29) is 12.6 Å². The molecule has 0 amide bonds. The van der Waals surface area contributed by atoms with Crippen LogP contribution in [-0.4, -0.2) is 36.5 Å². The lowest BCUT2D eigenvalue weighted by atomic mass is 10.0. The quantitative estimate of drug-likeness (QED) is 0.693. The van der Waals surface area contributed by atoms with Crippen molar-refractivity contribution in [3.05, 3.63) is 29.3 Å². The van der Waals surface area contributed by atoms with Crippen molar-refractivity contribution in [3.63, 3.8) is 0 Å². The fourth-order valence-corrected chi connectivity index (χ4v) is 1.60. The molecule has 0 aliphatic heterocycles. The van der Waals surface area contributed by atoms with Crippen molar-refractivity contribution in [2.75, 3.05) is 20.3 Å². The average molecular weight is 239 g/mol. The molecular weight excluding hydrogens is 218 g/mol. The minimum Gasteiger partial charge on any atom is -0.496 e. The van der Waals surface area contributed by atoms with E-state index < -0.39 is 6.10 Å². The number of benzene rings is 1. The zero-order valence-electron chi connectivity index (χ0n) is 10.6. The van der Waals surface area contributed by atoms with Crippen LogP contribution in [0, 0.1) is 6.92 Å². The van der Waals surface area contributed by atoms with E-state index in [1.165, 1.54) is 0 Å². The summed E-state index contributed by atoms with van der Waals surface area (Å²) in [6.45, 7) is 4.28. The number of methoxy groups -OCH3 is 1. The van der Waals surface area contributed by atoms with E-state index in [1.807, 2.05) is 32.0 Å². The zero-order valence-corrected chi connectivity index (χ0v) is 10.6. The first-order valence-electron chi connectivity index (χ1n) is 5.75. The molecule has 2 atom stereocenters. The second-order valence-electron chi connectivity index (χ2n) is 4.25. The number of nitrogens with one attached hydrogen (secondary N) is 1. The Morgan fingerprint density at radius 1 is 1.41 bits per heavy atom. The maximum Gasteiger partial charge on any atom is 0.124 e. The Morgan fingerprint density at radius 2 is 2.12 bits per heavy atom. The topological polar surface area (TPSA) is 61.7 Å². The van der Waals surface area contributed by atoms with E-state index in [0.717, 1.165) is 11.1 Å². The van der Waals surface area contributed by atoms with Gasteiger partial charge in [0.1, 0.15) is 5.75 Å². The van der Waals surface area contributed by atoms with Gasteiger partial charge in [0.25, 0.3) is 0 Å². The van der Waals surface area contributed by atoms with Gasteiger partial charge in [-0.2, -0.15) is 0 Å². The molecule has 1 aromatic rings. The number of aliphatic hydroxyl groups is 2. The molecule has 4 heteroatoms. The van der Waals surface area contributed by atoms with Gasteiger partial charge in [0.05, 0.1) is 19.8 Å². The summed E-state index contributed by atoms with van der Waals surface area (Å²) in [5.41, 5.74) is 1.85. The van der Waals surface area contributed by atoms with Gasteiger partial charge < -0.3 is 20.3 Å². The summed E-state index contributed by atoms with van der Waals surface area (Å²) >= 11 is 0. The van der Waals surface area contributed by atoms with Gasteiger partial charge in [-0.05, 0) is 26.0 Å². The standard InChI is InChI=1S/C13H21NO3/c1-9-4-5-13(17-3)11(6-9)12(16)7-14-10(2)8-15/h4-6,10,12,14-16H,7-8H2,1-3H3. The van der Waals surface area contributed by atoms with Gasteiger partial charge in [0.2, 0.25) is 0 Å². The van der Waals surface area contributed by atoms with Crippen LogP contribution >= 0.6 is 0 Å². The third kappa shape index (κ3) is 4.00. The largest absolute Gasteiger partial charge is 0.496 e. The number of rotatable bonds is 6. The molecule has 2 unspecified atom stereocenters. The maximum absolute atomic E-state index is 10.1. The van der Waals surface area contributed by atoms with Gasteiger partial charge in [-0.15, -0.1) is 0 Å². The van der Waals surface area contributed by atoms with E-state index in [4.69, 9.17) is 9.84 Å². The molecular formula is C13H21NO3. The zero-order chi connectivity index (χ0) is 12.8. The van der Waals surface area contributed by atoms with Crippen molar-refractivity contribution in [1.82, 2.24) is 5.32 Å². The third-order valence-electron chi connectivity index (χ3n) is 2.68. The fraction of sp³-hybridized carbons (Fsp3) is 0.538. The molecule has 0 saturated heterocycles. The van der Waals surface area contributed by atoms with E-state index >= 15 is 0 Å². The van der Waals surface area contributed by atoms with Crippen LogP contribution < -0.4 is 10.1 Å². The second-order valence-corrected chi connectivity index (χ2v) is 4.25. The molecule has 0 fully saturated rings. The number of hydrogen-bond donors (Lipinski definition) is 3. The Balaban J connectivity index is 2.73. The molecule has 4 nitrogen and oxygen atoms in total. The first kappa shape index (κ1) is 14.0. The monoisotopic (exact) mass is 239 g/mol. The van der Waals surface area contributed by atoms with Gasteiger partial charge in [-0.25, -0.2) is 0 Å². The van der Waals surface area contributed by atoms with Crippen molar-refractivity contribution in [1.29, 1.82) is 0 Å². The van der Waals surface area contributed by atoms with Crippen LogP contribution in [-0.2, 0) is 0 Å². The highest BCUT2D eigenvalue weighted by molar-refractivity contribution is 5.38. The predicted octanol–water partition coefficient (Wildman–Crippen LogP) is 1.01. The molecule has 0 bridgehead atoms. The molecule has 0 heterocycles. The Morgan fingerprint density at radius 3 is 2.71 bits per heavy atom. The SMILES string of the molecule is COc1ccc(C)cc1C(O)CNC(C)CO. The van der Waals surface area contributed by atoms with E-state index in [1.54, 1.807) is 7.11 Å². The van der Waals surface area contributed by atoms with Crippen molar-refractivity contribution in [3.8, 4) is 5.75 Å². The molecule has 0 aliphatic carbocycles. The summed E-state index contributed by atoms with van der Waals surface area (Å²) in [6, 6.07) is 5.68. The average Bonchev–Trinajstić information content (AvgIpc) is 2.35. The number of ether oxygens (including phenoxy) is 1. The third-order valence-corrected chi connectivity index (χ3v) is 2.68. The van der Waals surface area contributed by atoms with Crippen LogP contribution in [0.4, 0.5) is 0 Å². The summed E-state index contributed by atoms with van der Waals surface area (Å²) in [6.07, 6.45) is -0.640. The molecule has 96 valence electrons. The highest BCUT2D eigenvalue weighted by atomic mass is 16.5. The normalized spacial score (nSPS) is 14.4. The van der Waals surface area contributed by atoms with Crippen LogP contribution in [0.1, 0.15) is 24.2 Å². The van der Waals surface area contributed by atoms with Crippen LogP contribution in [0.15, 0.2) is 18.2 Å². The van der Waals surface area contributed by atoms with Crippen LogP contribution in [0.2, 0.25) is 0 Å². The minimum absolute atomic E-state index is 0.0274. The molecule has 0 radical (unpaired) electrons. The van der Waals surface area contributed by atoms with Crippen LogP contribution in [0.25, 0.3) is 0 Å². The lowest BCUT2D eigenvalue weighted by Gasteiger charge is -2.18. The summed E-state index contributed by atoms with van der Waals surface area (Å²) in [5, 5.41) is 22.0. The number of aryl methyl sites for hydroxylation is 1. The second kappa shape index (κ2) is 6.59. The molecule has 3 N–H and O–H groups in total. The van der Waals surface area contributed by atoms with Gasteiger partial charge in [0, 0.05) is 18.2 Å². The Bertz CT molecular complexity index is 355. The summed E-state index contributed by atoms with van der Waals surface area (Å²) < 4.78 is 5.22. The van der Waals surface area contributed by atoms with Crippen molar-refractivity contribution in [2.45, 2.75) is 26.0 Å². The Hall–Kier alpha value is -1.10. The summed E-state index contributed by atoms with van der Waals surface area (Å²) in [7, 11) is 1.59. The van der Waals surface area contributed by atoms with Crippen LogP contribution in [0.3, 0.4) is 0 Å².